The Labute approximate surface area is 123 Å². The van der Waals surface area contributed by atoms with Crippen LogP contribution in [0.4, 0.5) is 0 Å². The van der Waals surface area contributed by atoms with Gasteiger partial charge in [-0.3, -0.25) is 0 Å². The molecular weight excluding hydrogens is 244 g/mol. The van der Waals surface area contributed by atoms with Crippen molar-refractivity contribution in [3.63, 3.8) is 0 Å². The second-order valence-corrected chi connectivity index (χ2v) is 6.67. The zero-order chi connectivity index (χ0) is 13.6. The molecule has 1 nitrogen and oxygen atoms in total. The normalized spacial score (nSPS) is 22.0. The van der Waals surface area contributed by atoms with E-state index in [1.54, 1.807) is 0 Å². The Morgan fingerprint density at radius 2 is 1.55 bits per heavy atom. The lowest BCUT2D eigenvalue weighted by atomic mass is 9.85. The minimum absolute atomic E-state index is 0.733. The molecule has 0 N–H and O–H groups in total. The molecule has 20 heavy (non-hydrogen) atoms. The van der Waals surface area contributed by atoms with Crippen LogP contribution in [0.15, 0.2) is 24.3 Å². The van der Waals surface area contributed by atoms with Crippen molar-refractivity contribution < 1.29 is 4.74 Å². The predicted octanol–water partition coefficient (Wildman–Crippen LogP) is 5.09. The fraction of sp³-hybridized carbons (Fsp3) is 0.684. The number of hydrogen-bond donors (Lipinski definition) is 0. The lowest BCUT2D eigenvalue weighted by Gasteiger charge is -2.23. The molecule has 0 spiro atoms. The highest BCUT2D eigenvalue weighted by Crippen LogP contribution is 2.29. The van der Waals surface area contributed by atoms with Crippen LogP contribution >= 0.6 is 0 Å². The fourth-order valence-electron chi connectivity index (χ4n) is 3.83. The molecule has 1 aromatic carbocycles. The molecule has 1 saturated carbocycles. The van der Waals surface area contributed by atoms with Gasteiger partial charge in [-0.15, -0.1) is 0 Å². The van der Waals surface area contributed by atoms with E-state index in [-0.39, 0.29) is 0 Å². The van der Waals surface area contributed by atoms with E-state index in [2.05, 4.69) is 24.3 Å². The zero-order valence-electron chi connectivity index (χ0n) is 12.7. The second-order valence-electron chi connectivity index (χ2n) is 6.67. The van der Waals surface area contributed by atoms with Gasteiger partial charge < -0.3 is 4.74 Å². The van der Waals surface area contributed by atoms with Crippen molar-refractivity contribution in [2.24, 2.45) is 5.92 Å². The predicted molar refractivity (Wildman–Crippen MR) is 84.1 cm³/mol. The van der Waals surface area contributed by atoms with E-state index in [4.69, 9.17) is 4.74 Å². The maximum absolute atomic E-state index is 5.45. The van der Waals surface area contributed by atoms with E-state index in [1.807, 2.05) is 0 Å². The Morgan fingerprint density at radius 1 is 0.850 bits per heavy atom. The third kappa shape index (κ3) is 3.85. The molecular formula is C19H28O. The average Bonchev–Trinajstić information content (AvgIpc) is 2.55. The van der Waals surface area contributed by atoms with E-state index in [1.165, 1.54) is 68.9 Å². The summed E-state index contributed by atoms with van der Waals surface area (Å²) >= 11 is 0. The number of benzene rings is 1. The van der Waals surface area contributed by atoms with Crippen LogP contribution in [-0.4, -0.2) is 13.2 Å². The van der Waals surface area contributed by atoms with Crippen LogP contribution in [-0.2, 0) is 11.2 Å². The summed E-state index contributed by atoms with van der Waals surface area (Å²) in [7, 11) is 0. The highest BCUT2D eigenvalue weighted by atomic mass is 16.5. The van der Waals surface area contributed by atoms with Crippen molar-refractivity contribution in [2.75, 3.05) is 13.2 Å². The Kier molecular flexibility index (Phi) is 5.13. The molecule has 3 rings (SSSR count). The van der Waals surface area contributed by atoms with Gasteiger partial charge in [-0.25, -0.2) is 0 Å². The van der Waals surface area contributed by atoms with Gasteiger partial charge in [0.05, 0.1) is 0 Å². The van der Waals surface area contributed by atoms with Gasteiger partial charge in [0.15, 0.2) is 0 Å². The van der Waals surface area contributed by atoms with Gasteiger partial charge in [0, 0.05) is 13.2 Å². The van der Waals surface area contributed by atoms with Gasteiger partial charge in [-0.1, -0.05) is 56.4 Å². The minimum Gasteiger partial charge on any atom is -0.381 e. The topological polar surface area (TPSA) is 9.23 Å². The summed E-state index contributed by atoms with van der Waals surface area (Å²) in [6.07, 6.45) is 12.4. The van der Waals surface area contributed by atoms with E-state index in [0.29, 0.717) is 0 Å². The van der Waals surface area contributed by atoms with Crippen molar-refractivity contribution in [1.82, 2.24) is 0 Å². The Bertz CT molecular complexity index is 383. The summed E-state index contributed by atoms with van der Waals surface area (Å²) in [5.41, 5.74) is 3.06. The molecule has 0 aromatic heterocycles. The maximum atomic E-state index is 5.45. The summed E-state index contributed by atoms with van der Waals surface area (Å²) in [5, 5.41) is 0. The van der Waals surface area contributed by atoms with E-state index in [0.717, 1.165) is 25.0 Å². The summed E-state index contributed by atoms with van der Waals surface area (Å²) in [6.45, 7) is 1.88. The molecule has 110 valence electrons. The smallest absolute Gasteiger partial charge is 0.0471 e. The fourth-order valence-corrected chi connectivity index (χ4v) is 3.83. The largest absolute Gasteiger partial charge is 0.381 e. The van der Waals surface area contributed by atoms with Crippen LogP contribution in [0.1, 0.15) is 68.4 Å². The quantitative estimate of drug-likeness (QED) is 0.741. The first-order valence-electron chi connectivity index (χ1n) is 8.58. The number of aryl methyl sites for hydroxylation is 1. The van der Waals surface area contributed by atoms with E-state index >= 15 is 0 Å². The average molecular weight is 272 g/mol. The summed E-state index contributed by atoms with van der Waals surface area (Å²) < 4.78 is 5.45. The number of ether oxygens (including phenoxy) is 1. The minimum atomic E-state index is 0.733. The van der Waals surface area contributed by atoms with Gasteiger partial charge in [0.25, 0.3) is 0 Å². The first-order valence-corrected chi connectivity index (χ1v) is 8.58. The zero-order valence-corrected chi connectivity index (χ0v) is 12.7. The molecule has 0 radical (unpaired) electrons. The monoisotopic (exact) mass is 272 g/mol. The van der Waals surface area contributed by atoms with Gasteiger partial charge in [0.1, 0.15) is 0 Å². The molecule has 1 aliphatic heterocycles. The van der Waals surface area contributed by atoms with Gasteiger partial charge >= 0.3 is 0 Å². The van der Waals surface area contributed by atoms with Gasteiger partial charge in [-0.2, -0.15) is 0 Å². The van der Waals surface area contributed by atoms with Crippen LogP contribution < -0.4 is 0 Å². The highest BCUT2D eigenvalue weighted by Gasteiger charge is 2.16. The Hall–Kier alpha value is -0.820. The molecule has 0 amide bonds. The Balaban J connectivity index is 1.50. The molecule has 1 heteroatoms. The lowest BCUT2D eigenvalue weighted by molar-refractivity contribution is 0.0853. The van der Waals surface area contributed by atoms with Crippen LogP contribution in [0.5, 0.6) is 0 Å². The van der Waals surface area contributed by atoms with Crippen LogP contribution in [0.2, 0.25) is 0 Å². The third-order valence-electron chi connectivity index (χ3n) is 5.24. The van der Waals surface area contributed by atoms with Crippen molar-refractivity contribution in [1.29, 1.82) is 0 Å². The standard InChI is InChI=1S/C19H28O/c1-2-4-16(5-3-1)6-7-17-8-10-18(11-9-17)19-12-14-20-15-13-19/h8-11,16,19H,1-7,12-15H2. The lowest BCUT2D eigenvalue weighted by Crippen LogP contribution is -2.14. The Morgan fingerprint density at radius 3 is 2.25 bits per heavy atom. The second kappa shape index (κ2) is 7.26. The third-order valence-corrected chi connectivity index (χ3v) is 5.24. The molecule has 1 heterocycles. The van der Waals surface area contributed by atoms with Crippen molar-refractivity contribution in [3.8, 4) is 0 Å². The van der Waals surface area contributed by atoms with Crippen molar-refractivity contribution in [2.45, 2.75) is 63.7 Å². The summed E-state index contributed by atoms with van der Waals surface area (Å²) in [5.74, 6) is 1.73. The van der Waals surface area contributed by atoms with Crippen molar-refractivity contribution >= 4 is 0 Å². The molecule has 1 saturated heterocycles. The first-order chi connectivity index (χ1) is 9.92. The molecule has 0 atom stereocenters. The molecule has 1 aliphatic carbocycles. The van der Waals surface area contributed by atoms with Gasteiger partial charge in [-0.05, 0) is 48.6 Å². The van der Waals surface area contributed by atoms with Crippen LogP contribution in [0.3, 0.4) is 0 Å². The van der Waals surface area contributed by atoms with Gasteiger partial charge in [0.2, 0.25) is 0 Å². The number of hydrogen-bond acceptors (Lipinski definition) is 1. The number of rotatable bonds is 4. The van der Waals surface area contributed by atoms with E-state index in [9.17, 15) is 0 Å². The summed E-state index contributed by atoms with van der Waals surface area (Å²) in [4.78, 5) is 0. The highest BCUT2D eigenvalue weighted by molar-refractivity contribution is 5.25. The maximum Gasteiger partial charge on any atom is 0.0471 e. The van der Waals surface area contributed by atoms with E-state index < -0.39 is 0 Å². The molecule has 2 aliphatic rings. The summed E-state index contributed by atoms with van der Waals surface area (Å²) in [6, 6.07) is 9.47. The molecule has 1 aromatic rings. The SMILES string of the molecule is c1cc(C2CCOCC2)ccc1CCC1CCCCC1. The molecule has 2 fully saturated rings. The first kappa shape index (κ1) is 14.1. The molecule has 0 unspecified atom stereocenters. The van der Waals surface area contributed by atoms with Crippen LogP contribution in [0, 0.1) is 5.92 Å². The van der Waals surface area contributed by atoms with Crippen molar-refractivity contribution in [3.05, 3.63) is 35.4 Å². The van der Waals surface area contributed by atoms with Crippen LogP contribution in [0.25, 0.3) is 0 Å². The molecule has 0 bridgehead atoms.